The van der Waals surface area contributed by atoms with E-state index in [1.165, 1.54) is 0 Å². The third kappa shape index (κ3) is 2.61. The van der Waals surface area contributed by atoms with E-state index in [2.05, 4.69) is 10.3 Å². The molecular weight excluding hydrogens is 230 g/mol. The van der Waals surface area contributed by atoms with Crippen molar-refractivity contribution in [2.24, 2.45) is 0 Å². The highest BCUT2D eigenvalue weighted by atomic mass is 16.5. The first-order valence-corrected chi connectivity index (χ1v) is 6.19. The molecule has 1 aromatic heterocycles. The number of nitrogens with one attached hydrogen (secondary N) is 1. The zero-order valence-electron chi connectivity index (χ0n) is 11.0. The molecule has 2 rings (SSSR count). The molecule has 98 valence electrons. The van der Waals surface area contributed by atoms with Gasteiger partial charge in [0.25, 0.3) is 5.91 Å². The highest BCUT2D eigenvalue weighted by Crippen LogP contribution is 2.18. The Bertz CT molecular complexity index is 426. The molecule has 2 heterocycles. The normalized spacial score (nSPS) is 23.8. The predicted octanol–water partition coefficient (Wildman–Crippen LogP) is 1.37. The third-order valence-corrected chi connectivity index (χ3v) is 2.98. The second-order valence-corrected chi connectivity index (χ2v) is 4.62. The molecule has 2 atom stereocenters. The summed E-state index contributed by atoms with van der Waals surface area (Å²) in [6.07, 6.45) is 1.83. The zero-order chi connectivity index (χ0) is 13.1. The molecule has 1 amide bonds. The number of aromatic nitrogens is 1. The first-order chi connectivity index (χ1) is 8.61. The fraction of sp³-hybridized carbons (Fsp3) is 0.538. The van der Waals surface area contributed by atoms with Crippen LogP contribution in [0.25, 0.3) is 0 Å². The van der Waals surface area contributed by atoms with Gasteiger partial charge >= 0.3 is 0 Å². The Morgan fingerprint density at radius 2 is 2.11 bits per heavy atom. The predicted molar refractivity (Wildman–Crippen MR) is 69.7 cm³/mol. The number of carbonyl (C=O) groups excluding carboxylic acids is 1. The van der Waals surface area contributed by atoms with E-state index in [0.29, 0.717) is 24.5 Å². The van der Waals surface area contributed by atoms with Crippen molar-refractivity contribution in [3.8, 4) is 0 Å². The fourth-order valence-electron chi connectivity index (χ4n) is 2.29. The van der Waals surface area contributed by atoms with Gasteiger partial charge in [-0.15, -0.1) is 0 Å². The summed E-state index contributed by atoms with van der Waals surface area (Å²) in [6.45, 7) is 5.22. The van der Waals surface area contributed by atoms with Crippen LogP contribution in [-0.4, -0.2) is 48.1 Å². The third-order valence-electron chi connectivity index (χ3n) is 2.98. The minimum Gasteiger partial charge on any atom is -0.372 e. The Kier molecular flexibility index (Phi) is 3.81. The van der Waals surface area contributed by atoms with Gasteiger partial charge in [0.2, 0.25) is 0 Å². The molecule has 0 bridgehead atoms. The van der Waals surface area contributed by atoms with Gasteiger partial charge in [-0.1, -0.05) is 0 Å². The van der Waals surface area contributed by atoms with Crippen LogP contribution in [0.15, 0.2) is 18.3 Å². The van der Waals surface area contributed by atoms with Crippen molar-refractivity contribution < 1.29 is 9.53 Å². The van der Waals surface area contributed by atoms with Crippen molar-refractivity contribution >= 4 is 11.7 Å². The van der Waals surface area contributed by atoms with Crippen molar-refractivity contribution in [3.63, 3.8) is 0 Å². The summed E-state index contributed by atoms with van der Waals surface area (Å²) in [4.78, 5) is 18.5. The van der Waals surface area contributed by atoms with Gasteiger partial charge in [0.15, 0.2) is 0 Å². The molecular formula is C13H19N3O2. The number of anilines is 1. The molecule has 0 aliphatic carbocycles. The maximum absolute atomic E-state index is 12.5. The lowest BCUT2D eigenvalue weighted by molar-refractivity contribution is -0.0586. The van der Waals surface area contributed by atoms with Gasteiger partial charge in [-0.25, -0.2) is 4.98 Å². The number of pyridine rings is 1. The van der Waals surface area contributed by atoms with Gasteiger partial charge in [0.05, 0.1) is 17.8 Å². The van der Waals surface area contributed by atoms with Crippen molar-refractivity contribution in [1.29, 1.82) is 0 Å². The van der Waals surface area contributed by atoms with Crippen LogP contribution >= 0.6 is 0 Å². The molecule has 1 aliphatic rings. The van der Waals surface area contributed by atoms with Crippen LogP contribution < -0.4 is 5.32 Å². The van der Waals surface area contributed by atoms with Gasteiger partial charge in [-0.3, -0.25) is 4.79 Å². The second kappa shape index (κ2) is 5.35. The Morgan fingerprint density at radius 1 is 1.44 bits per heavy atom. The summed E-state index contributed by atoms with van der Waals surface area (Å²) >= 11 is 0. The molecule has 0 saturated carbocycles. The number of morpholine rings is 1. The van der Waals surface area contributed by atoms with Gasteiger partial charge < -0.3 is 15.0 Å². The van der Waals surface area contributed by atoms with Gasteiger partial charge in [-0.2, -0.15) is 0 Å². The molecule has 1 aliphatic heterocycles. The van der Waals surface area contributed by atoms with E-state index in [9.17, 15) is 4.79 Å². The average molecular weight is 249 g/mol. The van der Waals surface area contributed by atoms with Crippen LogP contribution in [-0.2, 0) is 4.74 Å². The molecule has 2 unspecified atom stereocenters. The Labute approximate surface area is 107 Å². The molecule has 18 heavy (non-hydrogen) atoms. The van der Waals surface area contributed by atoms with Crippen LogP contribution in [0, 0.1) is 0 Å². The van der Waals surface area contributed by atoms with E-state index in [0.717, 1.165) is 0 Å². The Morgan fingerprint density at radius 3 is 2.72 bits per heavy atom. The van der Waals surface area contributed by atoms with Gasteiger partial charge in [-0.05, 0) is 26.0 Å². The first kappa shape index (κ1) is 12.8. The molecule has 0 aromatic carbocycles. The van der Waals surface area contributed by atoms with Gasteiger partial charge in [0, 0.05) is 26.3 Å². The highest BCUT2D eigenvalue weighted by molar-refractivity contribution is 5.98. The van der Waals surface area contributed by atoms with Crippen molar-refractivity contribution in [1.82, 2.24) is 9.88 Å². The lowest BCUT2D eigenvalue weighted by Crippen LogP contribution is -2.48. The van der Waals surface area contributed by atoms with Crippen LogP contribution in [0.1, 0.15) is 24.2 Å². The molecule has 1 saturated heterocycles. The standard InChI is InChI=1S/C13H19N3O2/c1-9-7-16(8-10(2)18-9)13(17)11-5-4-6-15-12(11)14-3/h4-6,9-10H,7-8H2,1-3H3,(H,14,15). The lowest BCUT2D eigenvalue weighted by Gasteiger charge is -2.35. The summed E-state index contributed by atoms with van der Waals surface area (Å²) in [5, 5.41) is 2.95. The minimum atomic E-state index is 0.00875. The Hall–Kier alpha value is -1.62. The number of hydrogen-bond donors (Lipinski definition) is 1. The summed E-state index contributed by atoms with van der Waals surface area (Å²) < 4.78 is 5.63. The lowest BCUT2D eigenvalue weighted by atomic mass is 10.1. The highest BCUT2D eigenvalue weighted by Gasteiger charge is 2.27. The van der Waals surface area contributed by atoms with Crippen LogP contribution in [0.3, 0.4) is 0 Å². The molecule has 1 fully saturated rings. The SMILES string of the molecule is CNc1ncccc1C(=O)N1CC(C)OC(C)C1. The van der Waals surface area contributed by atoms with E-state index >= 15 is 0 Å². The summed E-state index contributed by atoms with van der Waals surface area (Å²) in [6, 6.07) is 3.58. The maximum atomic E-state index is 12.5. The van der Waals surface area contributed by atoms with E-state index in [-0.39, 0.29) is 18.1 Å². The van der Waals surface area contributed by atoms with Crippen molar-refractivity contribution in [3.05, 3.63) is 23.9 Å². The molecule has 1 aromatic rings. The summed E-state index contributed by atoms with van der Waals surface area (Å²) in [7, 11) is 1.77. The second-order valence-electron chi connectivity index (χ2n) is 4.62. The van der Waals surface area contributed by atoms with Gasteiger partial charge in [0.1, 0.15) is 5.82 Å². The number of ether oxygens (including phenoxy) is 1. The topological polar surface area (TPSA) is 54.5 Å². The van der Waals surface area contributed by atoms with Crippen LogP contribution in [0.5, 0.6) is 0 Å². The number of hydrogen-bond acceptors (Lipinski definition) is 4. The Balaban J connectivity index is 2.20. The van der Waals surface area contributed by atoms with E-state index in [1.807, 2.05) is 18.7 Å². The molecule has 1 N–H and O–H groups in total. The number of amides is 1. The fourth-order valence-corrected chi connectivity index (χ4v) is 2.29. The molecule has 5 heteroatoms. The maximum Gasteiger partial charge on any atom is 0.257 e. The largest absolute Gasteiger partial charge is 0.372 e. The summed E-state index contributed by atoms with van der Waals surface area (Å²) in [5.41, 5.74) is 0.612. The van der Waals surface area contributed by atoms with E-state index in [4.69, 9.17) is 4.74 Å². The smallest absolute Gasteiger partial charge is 0.257 e. The molecule has 0 spiro atoms. The molecule has 0 radical (unpaired) electrons. The van der Waals surface area contributed by atoms with Crippen LogP contribution in [0.2, 0.25) is 0 Å². The number of rotatable bonds is 2. The first-order valence-electron chi connectivity index (χ1n) is 6.19. The average Bonchev–Trinajstić information content (AvgIpc) is 2.36. The van der Waals surface area contributed by atoms with E-state index in [1.54, 1.807) is 25.4 Å². The summed E-state index contributed by atoms with van der Waals surface area (Å²) in [5.74, 6) is 0.628. The van der Waals surface area contributed by atoms with E-state index < -0.39 is 0 Å². The number of nitrogens with zero attached hydrogens (tertiary/aromatic N) is 2. The minimum absolute atomic E-state index is 0.00875. The number of carbonyl (C=O) groups is 1. The molecule has 5 nitrogen and oxygen atoms in total. The van der Waals surface area contributed by atoms with Crippen LogP contribution in [0.4, 0.5) is 5.82 Å². The van der Waals surface area contributed by atoms with Crippen molar-refractivity contribution in [2.75, 3.05) is 25.5 Å². The quantitative estimate of drug-likeness (QED) is 0.860. The van der Waals surface area contributed by atoms with Crippen molar-refractivity contribution in [2.45, 2.75) is 26.1 Å². The monoisotopic (exact) mass is 249 g/mol. The zero-order valence-corrected chi connectivity index (χ0v) is 11.0.